The van der Waals surface area contributed by atoms with Gasteiger partial charge in [-0.25, -0.2) is 4.79 Å². The van der Waals surface area contributed by atoms with Crippen molar-refractivity contribution in [1.82, 2.24) is 16.0 Å². The minimum atomic E-state index is -1.49. The topological polar surface area (TPSA) is 295 Å². The molecule has 0 aromatic carbocycles. The molecule has 0 aromatic heterocycles. The van der Waals surface area contributed by atoms with Crippen LogP contribution in [0.2, 0.25) is 0 Å². The maximum atomic E-state index is 12.5. The SMILES string of the molecule is CC(NC(=O)C(CC(N)=O)NC(=O)C(N)CCC(=O)O)C(=O)NC(CCCN=C(N)N)C(=O)O. The molecule has 4 atom stereocenters. The first-order valence-corrected chi connectivity index (χ1v) is 10.2. The molecule has 0 heterocycles. The molecule has 4 unspecified atom stereocenters. The van der Waals surface area contributed by atoms with Gasteiger partial charge in [0.15, 0.2) is 5.96 Å². The average Bonchev–Trinajstić information content (AvgIpc) is 2.72. The third kappa shape index (κ3) is 12.8. The second-order valence-corrected chi connectivity index (χ2v) is 7.35. The van der Waals surface area contributed by atoms with Gasteiger partial charge in [-0.05, 0) is 26.2 Å². The molecule has 0 spiro atoms. The van der Waals surface area contributed by atoms with Crippen LogP contribution >= 0.6 is 0 Å². The molecule has 0 rings (SSSR count). The van der Waals surface area contributed by atoms with Gasteiger partial charge in [0.2, 0.25) is 23.6 Å². The zero-order valence-corrected chi connectivity index (χ0v) is 18.7. The predicted octanol–water partition coefficient (Wildman–Crippen LogP) is -4.33. The van der Waals surface area contributed by atoms with Crippen LogP contribution in [0, 0.1) is 0 Å². The van der Waals surface area contributed by atoms with E-state index in [1.54, 1.807) is 0 Å². The molecule has 16 heteroatoms. The Balaban J connectivity index is 5.03. The Morgan fingerprint density at radius 3 is 1.94 bits per heavy atom. The summed E-state index contributed by atoms with van der Waals surface area (Å²) in [4.78, 5) is 74.0. The van der Waals surface area contributed by atoms with Crippen molar-refractivity contribution in [3.63, 3.8) is 0 Å². The number of hydrogen-bond acceptors (Lipinski definition) is 8. The van der Waals surface area contributed by atoms with Crippen LogP contribution in [-0.4, -0.2) is 82.5 Å². The van der Waals surface area contributed by atoms with Gasteiger partial charge in [-0.1, -0.05) is 0 Å². The van der Waals surface area contributed by atoms with E-state index in [0.29, 0.717) is 0 Å². The number of aliphatic imine (C=N–C) groups is 1. The number of nitrogens with zero attached hydrogens (tertiary/aromatic N) is 1. The minimum Gasteiger partial charge on any atom is -0.481 e. The van der Waals surface area contributed by atoms with Crippen molar-refractivity contribution in [3.8, 4) is 0 Å². The summed E-state index contributed by atoms with van der Waals surface area (Å²) >= 11 is 0. The summed E-state index contributed by atoms with van der Waals surface area (Å²) in [7, 11) is 0. The van der Waals surface area contributed by atoms with Crippen molar-refractivity contribution in [3.05, 3.63) is 0 Å². The number of nitrogens with one attached hydrogen (secondary N) is 3. The van der Waals surface area contributed by atoms with Gasteiger partial charge in [0, 0.05) is 13.0 Å². The van der Waals surface area contributed by atoms with Gasteiger partial charge in [-0.3, -0.25) is 29.0 Å². The number of aliphatic carboxylic acids is 2. The zero-order valence-electron chi connectivity index (χ0n) is 18.7. The summed E-state index contributed by atoms with van der Waals surface area (Å²) in [5.41, 5.74) is 21.0. The molecule has 16 nitrogen and oxygen atoms in total. The Morgan fingerprint density at radius 1 is 0.853 bits per heavy atom. The monoisotopic (exact) mass is 488 g/mol. The van der Waals surface area contributed by atoms with Crippen molar-refractivity contribution in [2.45, 2.75) is 63.2 Å². The summed E-state index contributed by atoms with van der Waals surface area (Å²) in [6.07, 6.45) is -0.974. The largest absolute Gasteiger partial charge is 0.481 e. The zero-order chi connectivity index (χ0) is 26.4. The van der Waals surface area contributed by atoms with Crippen LogP contribution in [0.4, 0.5) is 0 Å². The van der Waals surface area contributed by atoms with Crippen molar-refractivity contribution in [1.29, 1.82) is 0 Å². The number of nitrogens with two attached hydrogens (primary N) is 4. The molecular weight excluding hydrogens is 456 g/mol. The Kier molecular flexibility index (Phi) is 13.2. The number of hydrogen-bond donors (Lipinski definition) is 9. The summed E-state index contributed by atoms with van der Waals surface area (Å²) < 4.78 is 0. The second kappa shape index (κ2) is 15.0. The molecular formula is C18H32N8O8. The van der Waals surface area contributed by atoms with E-state index in [2.05, 4.69) is 20.9 Å². The van der Waals surface area contributed by atoms with Gasteiger partial charge < -0.3 is 49.1 Å². The number of primary amides is 1. The van der Waals surface area contributed by atoms with Gasteiger partial charge in [0.05, 0.1) is 12.5 Å². The van der Waals surface area contributed by atoms with Crippen LogP contribution in [0.25, 0.3) is 0 Å². The molecule has 13 N–H and O–H groups in total. The number of amides is 4. The first-order chi connectivity index (χ1) is 15.7. The van der Waals surface area contributed by atoms with E-state index in [0.717, 1.165) is 0 Å². The predicted molar refractivity (Wildman–Crippen MR) is 118 cm³/mol. The van der Waals surface area contributed by atoms with Crippen LogP contribution in [0.1, 0.15) is 39.0 Å². The number of carbonyl (C=O) groups excluding carboxylic acids is 4. The Bertz CT molecular complexity index is 799. The molecule has 4 amide bonds. The van der Waals surface area contributed by atoms with Crippen LogP contribution in [0.3, 0.4) is 0 Å². The van der Waals surface area contributed by atoms with E-state index in [4.69, 9.17) is 28.0 Å². The number of carboxylic acids is 2. The fraction of sp³-hybridized carbons (Fsp3) is 0.611. The van der Waals surface area contributed by atoms with Gasteiger partial charge in [-0.2, -0.15) is 0 Å². The van der Waals surface area contributed by atoms with Gasteiger partial charge >= 0.3 is 11.9 Å². The Morgan fingerprint density at radius 2 is 1.44 bits per heavy atom. The van der Waals surface area contributed by atoms with Crippen molar-refractivity contribution < 1.29 is 39.0 Å². The first kappa shape index (κ1) is 30.1. The summed E-state index contributed by atoms with van der Waals surface area (Å²) in [5.74, 6) is -6.29. The highest BCUT2D eigenvalue weighted by molar-refractivity contribution is 5.96. The lowest BCUT2D eigenvalue weighted by atomic mass is 10.1. The number of guanidine groups is 1. The molecule has 0 aliphatic heterocycles. The Labute approximate surface area is 194 Å². The van der Waals surface area contributed by atoms with E-state index in [1.165, 1.54) is 6.92 Å². The third-order valence-corrected chi connectivity index (χ3v) is 4.36. The molecule has 34 heavy (non-hydrogen) atoms. The van der Waals surface area contributed by atoms with E-state index >= 15 is 0 Å². The highest BCUT2D eigenvalue weighted by Gasteiger charge is 2.29. The first-order valence-electron chi connectivity index (χ1n) is 10.2. The fourth-order valence-electron chi connectivity index (χ4n) is 2.54. The maximum absolute atomic E-state index is 12.5. The number of carbonyl (C=O) groups is 6. The van der Waals surface area contributed by atoms with Crippen LogP contribution in [0.5, 0.6) is 0 Å². The van der Waals surface area contributed by atoms with Gasteiger partial charge in [0.25, 0.3) is 0 Å². The third-order valence-electron chi connectivity index (χ3n) is 4.36. The van der Waals surface area contributed by atoms with Crippen molar-refractivity contribution in [2.24, 2.45) is 27.9 Å². The fourth-order valence-corrected chi connectivity index (χ4v) is 2.54. The molecule has 0 saturated heterocycles. The average molecular weight is 489 g/mol. The molecule has 0 radical (unpaired) electrons. The standard InChI is InChI=1S/C18H32N8O8/c1-8(14(30)25-10(17(33)34)3-2-6-23-18(21)22)24-16(32)11(7-12(20)27)26-15(31)9(19)4-5-13(28)29/h8-11H,2-7,19H2,1H3,(H2,20,27)(H,24,32)(H,25,30)(H,26,31)(H,28,29)(H,33,34)(H4,21,22,23). The second-order valence-electron chi connectivity index (χ2n) is 7.35. The van der Waals surface area contributed by atoms with Crippen LogP contribution in [0.15, 0.2) is 4.99 Å². The van der Waals surface area contributed by atoms with Crippen LogP contribution < -0.4 is 38.9 Å². The highest BCUT2D eigenvalue weighted by Crippen LogP contribution is 2.02. The van der Waals surface area contributed by atoms with E-state index in [1.807, 2.05) is 0 Å². The number of rotatable bonds is 16. The van der Waals surface area contributed by atoms with E-state index in [-0.39, 0.29) is 31.8 Å². The summed E-state index contributed by atoms with van der Waals surface area (Å²) in [6, 6.07) is -5.30. The van der Waals surface area contributed by atoms with E-state index < -0.39 is 72.6 Å². The van der Waals surface area contributed by atoms with Gasteiger partial charge in [0.1, 0.15) is 18.1 Å². The lowest BCUT2D eigenvalue weighted by molar-refractivity contribution is -0.142. The lowest BCUT2D eigenvalue weighted by Gasteiger charge is -2.23. The van der Waals surface area contributed by atoms with Gasteiger partial charge in [-0.15, -0.1) is 0 Å². The molecule has 0 fully saturated rings. The molecule has 0 aliphatic carbocycles. The lowest BCUT2D eigenvalue weighted by Crippen LogP contribution is -2.57. The molecule has 0 aliphatic rings. The smallest absolute Gasteiger partial charge is 0.326 e. The van der Waals surface area contributed by atoms with Crippen molar-refractivity contribution in [2.75, 3.05) is 6.54 Å². The van der Waals surface area contributed by atoms with Crippen molar-refractivity contribution >= 4 is 41.5 Å². The Hall–Kier alpha value is -3.95. The molecule has 192 valence electrons. The highest BCUT2D eigenvalue weighted by atomic mass is 16.4. The number of carboxylic acid groups (broad SMARTS) is 2. The molecule has 0 aromatic rings. The summed E-state index contributed by atoms with van der Waals surface area (Å²) in [6.45, 7) is 1.41. The molecule has 0 saturated carbocycles. The quantitative estimate of drug-likeness (QED) is 0.0568. The minimum absolute atomic E-state index is 0.00705. The van der Waals surface area contributed by atoms with Crippen LogP contribution in [-0.2, 0) is 28.8 Å². The van der Waals surface area contributed by atoms with E-state index in [9.17, 15) is 33.9 Å². The normalized spacial score (nSPS) is 13.9. The maximum Gasteiger partial charge on any atom is 0.326 e. The summed E-state index contributed by atoms with van der Waals surface area (Å²) in [5, 5.41) is 24.6. The molecule has 0 bridgehead atoms.